The monoisotopic (exact) mass is 389 g/mol. The van der Waals surface area contributed by atoms with Gasteiger partial charge in [-0.15, -0.1) is 0 Å². The molecule has 2 unspecified atom stereocenters. The molecule has 1 N–H and O–H groups in total. The maximum absolute atomic E-state index is 12.6. The lowest BCUT2D eigenvalue weighted by molar-refractivity contribution is -0.127. The number of aryl methyl sites for hydroxylation is 1. The zero-order valence-electron chi connectivity index (χ0n) is 16.8. The van der Waals surface area contributed by atoms with Crippen molar-refractivity contribution in [2.45, 2.75) is 52.7 Å². The van der Waals surface area contributed by atoms with Crippen LogP contribution >= 0.6 is 11.6 Å². The van der Waals surface area contributed by atoms with E-state index in [-0.39, 0.29) is 11.9 Å². The Morgan fingerprint density at radius 2 is 1.70 bits per heavy atom. The number of nitrogens with one attached hydrogen (secondary N) is 1. The van der Waals surface area contributed by atoms with Crippen LogP contribution < -0.4 is 14.8 Å². The van der Waals surface area contributed by atoms with Gasteiger partial charge < -0.3 is 14.8 Å². The number of carbonyl (C=O) groups is 1. The molecule has 4 nitrogen and oxygen atoms in total. The van der Waals surface area contributed by atoms with Crippen LogP contribution in [0.2, 0.25) is 5.02 Å². The number of carbonyl (C=O) groups excluding carboxylic acids is 1. The number of hydrogen-bond donors (Lipinski definition) is 1. The first-order valence-electron chi connectivity index (χ1n) is 9.14. The molecular weight excluding hydrogens is 362 g/mol. The summed E-state index contributed by atoms with van der Waals surface area (Å²) in [6, 6.07) is 11.1. The van der Waals surface area contributed by atoms with E-state index in [9.17, 15) is 4.79 Å². The second kappa shape index (κ2) is 9.14. The molecule has 2 aromatic rings. The van der Waals surface area contributed by atoms with Gasteiger partial charge in [0.1, 0.15) is 11.5 Å². The van der Waals surface area contributed by atoms with Gasteiger partial charge in [0.15, 0.2) is 6.10 Å². The van der Waals surface area contributed by atoms with Crippen LogP contribution in [0.3, 0.4) is 0 Å². The molecule has 0 radical (unpaired) electrons. The molecule has 0 saturated carbocycles. The number of benzene rings is 2. The summed E-state index contributed by atoms with van der Waals surface area (Å²) in [6.45, 7) is 9.96. The fourth-order valence-corrected chi connectivity index (χ4v) is 3.18. The predicted octanol–water partition coefficient (Wildman–Crippen LogP) is 5.43. The highest BCUT2D eigenvalue weighted by Crippen LogP contribution is 2.32. The lowest BCUT2D eigenvalue weighted by Gasteiger charge is -2.23. The molecule has 0 fully saturated rings. The van der Waals surface area contributed by atoms with Gasteiger partial charge in [0, 0.05) is 0 Å². The third-order valence-corrected chi connectivity index (χ3v) is 4.89. The van der Waals surface area contributed by atoms with Crippen LogP contribution in [0.25, 0.3) is 0 Å². The molecule has 0 aliphatic rings. The minimum atomic E-state index is -0.657. The maximum Gasteiger partial charge on any atom is 0.261 e. The second-order valence-electron chi connectivity index (χ2n) is 7.03. The topological polar surface area (TPSA) is 47.6 Å². The molecule has 2 atom stereocenters. The Morgan fingerprint density at radius 3 is 2.30 bits per heavy atom. The minimum absolute atomic E-state index is 0.154. The van der Waals surface area contributed by atoms with Crippen LogP contribution in [-0.2, 0) is 4.79 Å². The maximum atomic E-state index is 12.6. The van der Waals surface area contributed by atoms with E-state index in [2.05, 4.69) is 25.2 Å². The highest BCUT2D eigenvalue weighted by atomic mass is 35.5. The summed E-state index contributed by atoms with van der Waals surface area (Å²) < 4.78 is 11.2. The molecule has 0 aliphatic carbocycles. The van der Waals surface area contributed by atoms with Gasteiger partial charge in [-0.05, 0) is 67.6 Å². The smallest absolute Gasteiger partial charge is 0.261 e. The Bertz CT molecular complexity index is 804. The largest absolute Gasteiger partial charge is 0.496 e. The summed E-state index contributed by atoms with van der Waals surface area (Å²) in [4.78, 5) is 12.6. The predicted molar refractivity (Wildman–Crippen MR) is 110 cm³/mol. The van der Waals surface area contributed by atoms with Gasteiger partial charge in [0.25, 0.3) is 5.91 Å². The average molecular weight is 390 g/mol. The Balaban J connectivity index is 2.14. The lowest BCUT2D eigenvalue weighted by atomic mass is 9.93. The summed E-state index contributed by atoms with van der Waals surface area (Å²) in [6.07, 6.45) is -0.657. The SMILES string of the molecule is COc1cc(C)c(C(C)NC(=O)C(C)Oc2ccccc2Cl)cc1C(C)C. The number of para-hydroxylation sites is 1. The van der Waals surface area contributed by atoms with Crippen molar-refractivity contribution in [3.63, 3.8) is 0 Å². The Morgan fingerprint density at radius 1 is 1.04 bits per heavy atom. The highest BCUT2D eigenvalue weighted by molar-refractivity contribution is 6.32. The number of amides is 1. The zero-order valence-corrected chi connectivity index (χ0v) is 17.6. The van der Waals surface area contributed by atoms with E-state index in [0.29, 0.717) is 16.7 Å². The van der Waals surface area contributed by atoms with Gasteiger partial charge in [0.2, 0.25) is 0 Å². The Kier molecular flexibility index (Phi) is 7.14. The molecule has 2 aromatic carbocycles. The van der Waals surface area contributed by atoms with E-state index < -0.39 is 6.10 Å². The van der Waals surface area contributed by atoms with Crippen LogP contribution in [0.5, 0.6) is 11.5 Å². The average Bonchev–Trinajstić information content (AvgIpc) is 2.62. The molecule has 0 spiro atoms. The van der Waals surface area contributed by atoms with Crippen LogP contribution in [-0.4, -0.2) is 19.1 Å². The van der Waals surface area contributed by atoms with E-state index >= 15 is 0 Å². The van der Waals surface area contributed by atoms with Crippen molar-refractivity contribution in [1.82, 2.24) is 5.32 Å². The van der Waals surface area contributed by atoms with Crippen LogP contribution in [0.1, 0.15) is 56.3 Å². The fourth-order valence-electron chi connectivity index (χ4n) is 3.00. The molecule has 0 aromatic heterocycles. The second-order valence-corrected chi connectivity index (χ2v) is 7.43. The highest BCUT2D eigenvalue weighted by Gasteiger charge is 2.21. The van der Waals surface area contributed by atoms with E-state index in [1.165, 1.54) is 0 Å². The van der Waals surface area contributed by atoms with Crippen molar-refractivity contribution >= 4 is 17.5 Å². The third kappa shape index (κ3) is 5.16. The number of halogens is 1. The normalized spacial score (nSPS) is 13.2. The van der Waals surface area contributed by atoms with E-state index in [1.54, 1.807) is 26.2 Å². The molecular formula is C22H28ClNO3. The summed E-state index contributed by atoms with van der Waals surface area (Å²) in [5.74, 6) is 1.51. The molecule has 0 aliphatic heterocycles. The van der Waals surface area contributed by atoms with Crippen molar-refractivity contribution in [2.24, 2.45) is 0 Å². The minimum Gasteiger partial charge on any atom is -0.496 e. The fraction of sp³-hybridized carbons (Fsp3) is 0.409. The number of ether oxygens (including phenoxy) is 2. The molecule has 27 heavy (non-hydrogen) atoms. The van der Waals surface area contributed by atoms with Crippen molar-refractivity contribution in [1.29, 1.82) is 0 Å². The van der Waals surface area contributed by atoms with Gasteiger partial charge in [-0.2, -0.15) is 0 Å². The van der Waals surface area contributed by atoms with Gasteiger partial charge in [-0.3, -0.25) is 4.79 Å². The first-order chi connectivity index (χ1) is 12.7. The molecule has 2 rings (SSSR count). The first kappa shape index (κ1) is 21.1. The molecule has 1 amide bonds. The van der Waals surface area contributed by atoms with Gasteiger partial charge in [0.05, 0.1) is 18.2 Å². The summed E-state index contributed by atoms with van der Waals surface area (Å²) in [7, 11) is 1.68. The number of methoxy groups -OCH3 is 1. The Labute approximate surface area is 166 Å². The molecule has 0 heterocycles. The number of rotatable bonds is 7. The Hall–Kier alpha value is -2.20. The van der Waals surface area contributed by atoms with Crippen molar-refractivity contribution in [2.75, 3.05) is 7.11 Å². The quantitative estimate of drug-likeness (QED) is 0.687. The van der Waals surface area contributed by atoms with Crippen molar-refractivity contribution in [3.05, 3.63) is 58.1 Å². The van der Waals surface area contributed by atoms with E-state index in [4.69, 9.17) is 21.1 Å². The summed E-state index contributed by atoms with van der Waals surface area (Å²) in [5, 5.41) is 3.52. The molecule has 146 valence electrons. The van der Waals surface area contributed by atoms with Crippen LogP contribution in [0, 0.1) is 6.92 Å². The molecule has 0 bridgehead atoms. The number of hydrogen-bond acceptors (Lipinski definition) is 3. The summed E-state index contributed by atoms with van der Waals surface area (Å²) in [5.41, 5.74) is 3.26. The van der Waals surface area contributed by atoms with E-state index in [1.807, 2.05) is 32.0 Å². The molecule has 0 saturated heterocycles. The van der Waals surface area contributed by atoms with Crippen molar-refractivity contribution < 1.29 is 14.3 Å². The van der Waals surface area contributed by atoms with Crippen LogP contribution in [0.4, 0.5) is 0 Å². The lowest BCUT2D eigenvalue weighted by Crippen LogP contribution is -2.38. The van der Waals surface area contributed by atoms with E-state index in [0.717, 1.165) is 22.4 Å². The van der Waals surface area contributed by atoms with Crippen LogP contribution in [0.15, 0.2) is 36.4 Å². The molecule has 5 heteroatoms. The first-order valence-corrected chi connectivity index (χ1v) is 9.52. The third-order valence-electron chi connectivity index (χ3n) is 4.58. The van der Waals surface area contributed by atoms with Crippen molar-refractivity contribution in [3.8, 4) is 11.5 Å². The zero-order chi connectivity index (χ0) is 20.1. The van der Waals surface area contributed by atoms with Gasteiger partial charge >= 0.3 is 0 Å². The van der Waals surface area contributed by atoms with Gasteiger partial charge in [-0.1, -0.05) is 37.6 Å². The van der Waals surface area contributed by atoms with Gasteiger partial charge in [-0.25, -0.2) is 0 Å². The summed E-state index contributed by atoms with van der Waals surface area (Å²) >= 11 is 6.10. The standard InChI is InChI=1S/C22H28ClNO3/c1-13(2)17-12-18(14(3)11-21(17)26-6)15(4)24-22(25)16(5)27-20-10-8-7-9-19(20)23/h7-13,15-16H,1-6H3,(H,24,25).